The number of pyridine rings is 1. The first-order chi connectivity index (χ1) is 8.59. The fourth-order valence-corrected chi connectivity index (χ4v) is 2.46. The summed E-state index contributed by atoms with van der Waals surface area (Å²) in [6, 6.07) is 8.44. The first kappa shape index (κ1) is 13.3. The van der Waals surface area contributed by atoms with Crippen LogP contribution in [-0.4, -0.2) is 24.6 Å². The Labute approximate surface area is 116 Å². The van der Waals surface area contributed by atoms with Crippen LogP contribution in [0.15, 0.2) is 34.9 Å². The third-order valence-corrected chi connectivity index (χ3v) is 3.70. The van der Waals surface area contributed by atoms with Crippen molar-refractivity contribution in [2.75, 3.05) is 18.5 Å². The molecule has 0 saturated carbocycles. The predicted octanol–water partition coefficient (Wildman–Crippen LogP) is 3.17. The summed E-state index contributed by atoms with van der Waals surface area (Å²) in [5.74, 6) is 1.01. The average Bonchev–Trinajstić information content (AvgIpc) is 2.36. The molecular formula is C14H18BrN3. The minimum Gasteiger partial charge on any atom is -0.359 e. The van der Waals surface area contributed by atoms with Crippen molar-refractivity contribution in [1.29, 1.82) is 0 Å². The number of halogens is 1. The maximum Gasteiger partial charge on any atom is 0.136 e. The molecule has 3 nitrogen and oxygen atoms in total. The van der Waals surface area contributed by atoms with Gasteiger partial charge in [0, 0.05) is 41.1 Å². The van der Waals surface area contributed by atoms with E-state index >= 15 is 0 Å². The van der Waals surface area contributed by atoms with Gasteiger partial charge in [-0.3, -0.25) is 0 Å². The van der Waals surface area contributed by atoms with Crippen LogP contribution in [0.1, 0.15) is 13.3 Å². The molecule has 0 fully saturated rings. The van der Waals surface area contributed by atoms with Gasteiger partial charge in [0.05, 0.1) is 0 Å². The minimum absolute atomic E-state index is 0.217. The van der Waals surface area contributed by atoms with Crippen molar-refractivity contribution in [1.82, 2.24) is 4.98 Å². The number of aromatic nitrogens is 1. The van der Waals surface area contributed by atoms with Gasteiger partial charge in [0.1, 0.15) is 5.82 Å². The average molecular weight is 308 g/mol. The maximum atomic E-state index is 5.80. The van der Waals surface area contributed by atoms with Crippen LogP contribution in [0, 0.1) is 0 Å². The summed E-state index contributed by atoms with van der Waals surface area (Å²) in [4.78, 5) is 6.65. The van der Waals surface area contributed by atoms with Crippen molar-refractivity contribution in [3.63, 3.8) is 0 Å². The SMILES string of the molecule is CC(N)CCN(C)c1nccc2c(Br)cccc12. The van der Waals surface area contributed by atoms with Crippen LogP contribution in [-0.2, 0) is 0 Å². The van der Waals surface area contributed by atoms with Gasteiger partial charge in [-0.05, 0) is 25.5 Å². The minimum atomic E-state index is 0.217. The lowest BCUT2D eigenvalue weighted by Crippen LogP contribution is -2.26. The van der Waals surface area contributed by atoms with Crippen LogP contribution in [0.4, 0.5) is 5.82 Å². The van der Waals surface area contributed by atoms with E-state index in [-0.39, 0.29) is 6.04 Å². The van der Waals surface area contributed by atoms with Crippen molar-refractivity contribution in [2.24, 2.45) is 5.73 Å². The molecule has 0 aliphatic rings. The molecule has 2 N–H and O–H groups in total. The highest BCUT2D eigenvalue weighted by atomic mass is 79.9. The molecule has 0 radical (unpaired) electrons. The number of nitrogens with two attached hydrogens (primary N) is 1. The van der Waals surface area contributed by atoms with Gasteiger partial charge in [-0.1, -0.05) is 28.1 Å². The van der Waals surface area contributed by atoms with E-state index in [1.165, 1.54) is 10.8 Å². The van der Waals surface area contributed by atoms with Gasteiger partial charge in [0.2, 0.25) is 0 Å². The highest BCUT2D eigenvalue weighted by Crippen LogP contribution is 2.29. The third-order valence-electron chi connectivity index (χ3n) is 3.01. The van der Waals surface area contributed by atoms with Gasteiger partial charge in [-0.25, -0.2) is 4.98 Å². The second kappa shape index (κ2) is 5.67. The molecule has 2 rings (SSSR count). The van der Waals surface area contributed by atoms with Gasteiger partial charge < -0.3 is 10.6 Å². The van der Waals surface area contributed by atoms with Crippen LogP contribution >= 0.6 is 15.9 Å². The molecule has 1 atom stereocenters. The Bertz CT molecular complexity index is 540. The van der Waals surface area contributed by atoms with Gasteiger partial charge >= 0.3 is 0 Å². The number of rotatable bonds is 4. The van der Waals surface area contributed by atoms with E-state index in [4.69, 9.17) is 5.73 Å². The zero-order valence-corrected chi connectivity index (χ0v) is 12.3. The van der Waals surface area contributed by atoms with Crippen LogP contribution in [0.2, 0.25) is 0 Å². The second-order valence-electron chi connectivity index (χ2n) is 4.66. The molecule has 4 heteroatoms. The Balaban J connectivity index is 2.36. The highest BCUT2D eigenvalue weighted by Gasteiger charge is 2.09. The van der Waals surface area contributed by atoms with Crippen molar-refractivity contribution in [3.05, 3.63) is 34.9 Å². The van der Waals surface area contributed by atoms with Gasteiger partial charge in [0.15, 0.2) is 0 Å². The molecule has 0 bridgehead atoms. The summed E-state index contributed by atoms with van der Waals surface area (Å²) in [5, 5.41) is 2.36. The zero-order valence-electron chi connectivity index (χ0n) is 10.7. The molecular weight excluding hydrogens is 290 g/mol. The fourth-order valence-electron chi connectivity index (χ4n) is 1.96. The summed E-state index contributed by atoms with van der Waals surface area (Å²) < 4.78 is 1.10. The third kappa shape index (κ3) is 2.82. The summed E-state index contributed by atoms with van der Waals surface area (Å²) in [6.07, 6.45) is 2.81. The summed E-state index contributed by atoms with van der Waals surface area (Å²) in [5.41, 5.74) is 5.80. The molecule has 0 spiro atoms. The topological polar surface area (TPSA) is 42.1 Å². The predicted molar refractivity (Wildman–Crippen MR) is 81.0 cm³/mol. The van der Waals surface area contributed by atoms with Crippen LogP contribution < -0.4 is 10.6 Å². The van der Waals surface area contributed by atoms with E-state index in [0.29, 0.717) is 0 Å². The van der Waals surface area contributed by atoms with Crippen LogP contribution in [0.25, 0.3) is 10.8 Å². The Morgan fingerprint density at radius 2 is 2.11 bits per heavy atom. The van der Waals surface area contributed by atoms with E-state index < -0.39 is 0 Å². The number of fused-ring (bicyclic) bond motifs is 1. The van der Waals surface area contributed by atoms with Crippen molar-refractivity contribution in [2.45, 2.75) is 19.4 Å². The first-order valence-electron chi connectivity index (χ1n) is 6.09. The van der Waals surface area contributed by atoms with Crippen molar-refractivity contribution in [3.8, 4) is 0 Å². The Kier molecular flexibility index (Phi) is 4.19. The number of hydrogen-bond donors (Lipinski definition) is 1. The Morgan fingerprint density at radius 1 is 1.33 bits per heavy atom. The molecule has 1 aromatic carbocycles. The lowest BCUT2D eigenvalue weighted by atomic mass is 10.1. The van der Waals surface area contributed by atoms with E-state index in [2.05, 4.69) is 38.9 Å². The second-order valence-corrected chi connectivity index (χ2v) is 5.51. The molecule has 0 aliphatic heterocycles. The molecule has 96 valence electrons. The molecule has 1 heterocycles. The molecule has 0 saturated heterocycles. The van der Waals surface area contributed by atoms with Crippen LogP contribution in [0.5, 0.6) is 0 Å². The van der Waals surface area contributed by atoms with E-state index in [1.807, 2.05) is 31.3 Å². The lowest BCUT2D eigenvalue weighted by molar-refractivity contribution is 0.657. The lowest BCUT2D eigenvalue weighted by Gasteiger charge is -2.21. The number of benzene rings is 1. The Hall–Kier alpha value is -1.13. The molecule has 0 amide bonds. The summed E-state index contributed by atoms with van der Waals surface area (Å²) >= 11 is 3.58. The molecule has 0 aliphatic carbocycles. The molecule has 2 aromatic rings. The zero-order chi connectivity index (χ0) is 13.1. The molecule has 1 aromatic heterocycles. The maximum absolute atomic E-state index is 5.80. The summed E-state index contributed by atoms with van der Waals surface area (Å²) in [6.45, 7) is 2.94. The fraction of sp³-hybridized carbons (Fsp3) is 0.357. The van der Waals surface area contributed by atoms with Crippen molar-refractivity contribution >= 4 is 32.5 Å². The Morgan fingerprint density at radius 3 is 2.83 bits per heavy atom. The van der Waals surface area contributed by atoms with Crippen molar-refractivity contribution < 1.29 is 0 Å². The van der Waals surface area contributed by atoms with E-state index in [1.54, 1.807) is 0 Å². The monoisotopic (exact) mass is 307 g/mol. The van der Waals surface area contributed by atoms with Crippen LogP contribution in [0.3, 0.4) is 0 Å². The number of hydrogen-bond acceptors (Lipinski definition) is 3. The smallest absolute Gasteiger partial charge is 0.136 e. The standard InChI is InChI=1S/C14H18BrN3/c1-10(16)7-9-18(2)14-12-4-3-5-13(15)11(12)6-8-17-14/h3-6,8,10H,7,9,16H2,1-2H3. The highest BCUT2D eigenvalue weighted by molar-refractivity contribution is 9.10. The number of nitrogens with zero attached hydrogens (tertiary/aromatic N) is 2. The first-order valence-corrected chi connectivity index (χ1v) is 6.89. The molecule has 1 unspecified atom stereocenters. The number of anilines is 1. The van der Waals surface area contributed by atoms with Gasteiger partial charge in [0.25, 0.3) is 0 Å². The summed E-state index contributed by atoms with van der Waals surface area (Å²) in [7, 11) is 2.06. The largest absolute Gasteiger partial charge is 0.359 e. The quantitative estimate of drug-likeness (QED) is 0.943. The van der Waals surface area contributed by atoms with Gasteiger partial charge in [-0.2, -0.15) is 0 Å². The van der Waals surface area contributed by atoms with Gasteiger partial charge in [-0.15, -0.1) is 0 Å². The van der Waals surface area contributed by atoms with E-state index in [0.717, 1.165) is 23.3 Å². The van der Waals surface area contributed by atoms with E-state index in [9.17, 15) is 0 Å². The normalized spacial score (nSPS) is 12.7. The molecule has 18 heavy (non-hydrogen) atoms.